The van der Waals surface area contributed by atoms with E-state index in [0.717, 1.165) is 101 Å². The van der Waals surface area contributed by atoms with Crippen molar-refractivity contribution in [3.63, 3.8) is 0 Å². The average molecular weight is 856 g/mol. The fourth-order valence-electron chi connectivity index (χ4n) is 9.17. The zero-order valence-electron chi connectivity index (χ0n) is 36.4. The van der Waals surface area contributed by atoms with Crippen molar-refractivity contribution in [3.05, 3.63) is 249 Å². The van der Waals surface area contributed by atoms with E-state index in [2.05, 4.69) is 229 Å². The lowest BCUT2D eigenvalue weighted by atomic mass is 9.93. The SMILES string of the molecule is c1ccc(-c2cc(-c3ccccc3)nc(-c3cccc(-c4cc(-c5cccc(-c6nc(-c7ccccc7)cc(-c7ccccc7)n6)c5)c5c(c4)c4ccccc4n5-c4ccccc4)c3)n2)cc1. The van der Waals surface area contributed by atoms with Gasteiger partial charge in [-0.3, -0.25) is 0 Å². The summed E-state index contributed by atoms with van der Waals surface area (Å²) in [5.74, 6) is 1.34. The van der Waals surface area contributed by atoms with E-state index in [4.69, 9.17) is 19.9 Å². The molecule has 0 unspecified atom stereocenters. The van der Waals surface area contributed by atoms with Crippen LogP contribution in [0.25, 0.3) is 118 Å². The lowest BCUT2D eigenvalue weighted by Crippen LogP contribution is -1.97. The summed E-state index contributed by atoms with van der Waals surface area (Å²) in [7, 11) is 0. The summed E-state index contributed by atoms with van der Waals surface area (Å²) in [6, 6.07) is 86.9. The van der Waals surface area contributed by atoms with Crippen LogP contribution >= 0.6 is 0 Å². The number of hydrogen-bond donors (Lipinski definition) is 0. The zero-order valence-corrected chi connectivity index (χ0v) is 36.4. The normalized spacial score (nSPS) is 11.3. The Hall–Kier alpha value is -9.06. The number of aromatic nitrogens is 5. The van der Waals surface area contributed by atoms with Crippen LogP contribution in [-0.4, -0.2) is 24.5 Å². The van der Waals surface area contributed by atoms with E-state index in [1.54, 1.807) is 0 Å². The van der Waals surface area contributed by atoms with Gasteiger partial charge in [0.05, 0.1) is 33.8 Å². The molecule has 314 valence electrons. The number of nitrogens with zero attached hydrogens (tertiary/aromatic N) is 5. The van der Waals surface area contributed by atoms with E-state index in [9.17, 15) is 0 Å². The van der Waals surface area contributed by atoms with Crippen LogP contribution in [0.1, 0.15) is 0 Å². The molecule has 0 saturated heterocycles. The molecule has 3 heterocycles. The largest absolute Gasteiger partial charge is 0.309 e. The third kappa shape index (κ3) is 7.64. The first-order chi connectivity index (χ1) is 33.2. The molecule has 3 aromatic heterocycles. The van der Waals surface area contributed by atoms with E-state index < -0.39 is 0 Å². The molecule has 0 saturated carbocycles. The van der Waals surface area contributed by atoms with Crippen LogP contribution in [0.3, 0.4) is 0 Å². The van der Waals surface area contributed by atoms with Crippen LogP contribution in [0, 0.1) is 0 Å². The predicted octanol–water partition coefficient (Wildman–Crippen LogP) is 15.7. The first-order valence-electron chi connectivity index (χ1n) is 22.5. The Kier molecular flexibility index (Phi) is 10.1. The van der Waals surface area contributed by atoms with E-state index in [0.29, 0.717) is 11.6 Å². The minimum atomic E-state index is 0.665. The molecule has 0 spiro atoms. The third-order valence-corrected chi connectivity index (χ3v) is 12.4. The highest BCUT2D eigenvalue weighted by Crippen LogP contribution is 2.43. The van der Waals surface area contributed by atoms with Crippen molar-refractivity contribution in [1.82, 2.24) is 24.5 Å². The van der Waals surface area contributed by atoms with Crippen LogP contribution in [0.4, 0.5) is 0 Å². The minimum absolute atomic E-state index is 0.665. The Balaban J connectivity index is 1.06. The van der Waals surface area contributed by atoms with Crippen molar-refractivity contribution in [2.24, 2.45) is 0 Å². The van der Waals surface area contributed by atoms with Crippen LogP contribution in [0.15, 0.2) is 249 Å². The van der Waals surface area contributed by atoms with E-state index in [1.807, 2.05) is 24.3 Å². The summed E-state index contributed by atoms with van der Waals surface area (Å²) < 4.78 is 2.40. The molecule has 9 aromatic carbocycles. The molecule has 0 bridgehead atoms. The van der Waals surface area contributed by atoms with Crippen LogP contribution in [-0.2, 0) is 0 Å². The van der Waals surface area contributed by atoms with Crippen molar-refractivity contribution >= 4 is 21.8 Å². The molecule has 0 atom stereocenters. The highest BCUT2D eigenvalue weighted by Gasteiger charge is 2.20. The maximum Gasteiger partial charge on any atom is 0.160 e. The second-order valence-corrected chi connectivity index (χ2v) is 16.7. The third-order valence-electron chi connectivity index (χ3n) is 12.4. The number of hydrogen-bond acceptors (Lipinski definition) is 4. The van der Waals surface area contributed by atoms with Gasteiger partial charge >= 0.3 is 0 Å². The van der Waals surface area contributed by atoms with E-state index in [-0.39, 0.29) is 0 Å². The van der Waals surface area contributed by atoms with Gasteiger partial charge in [-0.15, -0.1) is 0 Å². The molecule has 0 aliphatic heterocycles. The van der Waals surface area contributed by atoms with Gasteiger partial charge in [0.1, 0.15) is 0 Å². The van der Waals surface area contributed by atoms with Gasteiger partial charge in [-0.25, -0.2) is 19.9 Å². The summed E-state index contributed by atoms with van der Waals surface area (Å²) in [4.78, 5) is 20.8. The highest BCUT2D eigenvalue weighted by atomic mass is 15.0. The lowest BCUT2D eigenvalue weighted by Gasteiger charge is -2.15. The summed E-state index contributed by atoms with van der Waals surface area (Å²) in [6.07, 6.45) is 0. The fraction of sp³-hybridized carbons (Fsp3) is 0. The zero-order chi connectivity index (χ0) is 44.5. The Morgan fingerprint density at radius 2 is 0.642 bits per heavy atom. The lowest BCUT2D eigenvalue weighted by molar-refractivity contribution is 1.18. The first-order valence-corrected chi connectivity index (χ1v) is 22.5. The van der Waals surface area contributed by atoms with Gasteiger partial charge < -0.3 is 4.57 Å². The van der Waals surface area contributed by atoms with Crippen molar-refractivity contribution in [2.75, 3.05) is 0 Å². The molecule has 0 radical (unpaired) electrons. The van der Waals surface area contributed by atoms with Crippen molar-refractivity contribution in [1.29, 1.82) is 0 Å². The number of rotatable bonds is 9. The molecule has 5 nitrogen and oxygen atoms in total. The Morgan fingerprint density at radius 1 is 0.254 bits per heavy atom. The average Bonchev–Trinajstić information content (AvgIpc) is 3.76. The van der Waals surface area contributed by atoms with Gasteiger partial charge in [-0.05, 0) is 71.3 Å². The molecule has 67 heavy (non-hydrogen) atoms. The molecule has 0 amide bonds. The summed E-state index contributed by atoms with van der Waals surface area (Å²) in [6.45, 7) is 0. The van der Waals surface area contributed by atoms with Gasteiger partial charge in [-0.1, -0.05) is 194 Å². The van der Waals surface area contributed by atoms with E-state index >= 15 is 0 Å². The van der Waals surface area contributed by atoms with Gasteiger partial charge in [0.15, 0.2) is 11.6 Å². The molecular weight excluding hydrogens is 815 g/mol. The smallest absolute Gasteiger partial charge is 0.160 e. The topological polar surface area (TPSA) is 56.5 Å². The van der Waals surface area contributed by atoms with Gasteiger partial charge in [-0.2, -0.15) is 0 Å². The minimum Gasteiger partial charge on any atom is -0.309 e. The fourth-order valence-corrected chi connectivity index (χ4v) is 9.17. The summed E-state index contributed by atoms with van der Waals surface area (Å²) >= 11 is 0. The molecule has 12 aromatic rings. The number of fused-ring (bicyclic) bond motifs is 3. The van der Waals surface area contributed by atoms with Crippen LogP contribution < -0.4 is 0 Å². The Labute approximate surface area is 389 Å². The molecule has 12 rings (SSSR count). The van der Waals surface area contributed by atoms with Gasteiger partial charge in [0.2, 0.25) is 0 Å². The van der Waals surface area contributed by atoms with Crippen LogP contribution in [0.2, 0.25) is 0 Å². The molecular formula is C62H41N5. The van der Waals surface area contributed by atoms with Crippen molar-refractivity contribution < 1.29 is 0 Å². The molecule has 0 N–H and O–H groups in total. The standard InChI is InChI=1S/C62H41N5/c1-6-20-42(21-7-1)55-40-56(43-22-8-2-9-23-43)64-61(63-55)48-30-18-28-46(36-48)50-38-53(60-54(39-50)52-34-16-17-35-59(52)67(60)51-32-14-5-15-33-51)47-29-19-31-49(37-47)62-65-57(44-24-10-3-11-25-44)41-58(66-62)45-26-12-4-13-27-45/h1-41H. The number of benzene rings is 9. The molecule has 5 heteroatoms. The summed E-state index contributed by atoms with van der Waals surface area (Å²) in [5, 5.41) is 2.33. The number of para-hydroxylation sites is 2. The predicted molar refractivity (Wildman–Crippen MR) is 275 cm³/mol. The molecule has 0 aliphatic rings. The second-order valence-electron chi connectivity index (χ2n) is 16.7. The Bertz CT molecular complexity index is 3600. The second kappa shape index (κ2) is 17.1. The maximum absolute atomic E-state index is 5.22. The Morgan fingerprint density at radius 3 is 1.13 bits per heavy atom. The maximum atomic E-state index is 5.22. The summed E-state index contributed by atoms with van der Waals surface area (Å²) in [5.41, 5.74) is 17.2. The van der Waals surface area contributed by atoms with Gasteiger partial charge in [0, 0.05) is 55.4 Å². The molecule has 0 fully saturated rings. The molecule has 0 aliphatic carbocycles. The van der Waals surface area contributed by atoms with Crippen LogP contribution in [0.5, 0.6) is 0 Å². The highest BCUT2D eigenvalue weighted by molar-refractivity contribution is 6.15. The van der Waals surface area contributed by atoms with E-state index in [1.165, 1.54) is 5.39 Å². The first kappa shape index (κ1) is 39.5. The quantitative estimate of drug-likeness (QED) is 0.145. The van der Waals surface area contributed by atoms with Crippen molar-refractivity contribution in [3.8, 4) is 95.7 Å². The monoisotopic (exact) mass is 855 g/mol. The van der Waals surface area contributed by atoms with Crippen molar-refractivity contribution in [2.45, 2.75) is 0 Å². The van der Waals surface area contributed by atoms with Gasteiger partial charge in [0.25, 0.3) is 0 Å².